The van der Waals surface area contributed by atoms with Crippen LogP contribution in [0.1, 0.15) is 50.0 Å². The number of ketones is 1. The average molecular weight is 569 g/mol. The summed E-state index contributed by atoms with van der Waals surface area (Å²) in [5.41, 5.74) is 2.67. The lowest BCUT2D eigenvalue weighted by molar-refractivity contribution is -0.134. The van der Waals surface area contributed by atoms with Gasteiger partial charge in [0.05, 0.1) is 31.7 Å². The number of hydrogen-bond acceptors (Lipinski definition) is 8. The maximum absolute atomic E-state index is 13.6. The van der Waals surface area contributed by atoms with Gasteiger partial charge in [-0.05, 0) is 57.2 Å². The van der Waals surface area contributed by atoms with Gasteiger partial charge in [0.1, 0.15) is 23.4 Å². The van der Waals surface area contributed by atoms with E-state index in [-0.39, 0.29) is 24.5 Å². The van der Waals surface area contributed by atoms with Crippen LogP contribution in [0, 0.1) is 0 Å². The Morgan fingerprint density at radius 3 is 2.40 bits per heavy atom. The molecule has 4 unspecified atom stereocenters. The van der Waals surface area contributed by atoms with Crippen LogP contribution in [0.5, 0.6) is 5.75 Å². The molecule has 1 aliphatic carbocycles. The largest absolute Gasteiger partial charge is 0.497 e. The number of thiazole rings is 1. The normalized spacial score (nSPS) is 20.0. The zero-order valence-electron chi connectivity index (χ0n) is 23.0. The standard InChI is InChI=1S/C29H36N4O6S/c1-18(31-25(34)14-22-15-30-17-40-22)27(36)33-24(13-20-8-10-21(38-3)11-9-20)28(37)32-23(12-19-6-4-5-7-19)26(35)29(2)16-39-29/h6,8-11,15,17-18,23-24H,4-5,7,12-14,16H2,1-3H3,(H,31,34)(H,32,37)(H,33,36). The molecule has 0 radical (unpaired) electrons. The molecule has 1 aromatic heterocycles. The Labute approximate surface area is 237 Å². The van der Waals surface area contributed by atoms with E-state index in [0.29, 0.717) is 18.8 Å². The van der Waals surface area contributed by atoms with E-state index in [4.69, 9.17) is 9.47 Å². The number of hydrogen-bond donors (Lipinski definition) is 3. The zero-order chi connectivity index (χ0) is 28.7. The summed E-state index contributed by atoms with van der Waals surface area (Å²) in [5, 5.41) is 8.37. The van der Waals surface area contributed by atoms with Gasteiger partial charge >= 0.3 is 0 Å². The van der Waals surface area contributed by atoms with Crippen molar-refractivity contribution >= 4 is 34.8 Å². The van der Waals surface area contributed by atoms with Crippen molar-refractivity contribution in [3.8, 4) is 5.75 Å². The lowest BCUT2D eigenvalue weighted by Gasteiger charge is -2.25. The molecular weight excluding hydrogens is 532 g/mol. The molecule has 2 aromatic rings. The fourth-order valence-electron chi connectivity index (χ4n) is 4.63. The first-order valence-electron chi connectivity index (χ1n) is 13.4. The summed E-state index contributed by atoms with van der Waals surface area (Å²) in [6, 6.07) is 4.55. The van der Waals surface area contributed by atoms with Gasteiger partial charge in [-0.2, -0.15) is 0 Å². The van der Waals surface area contributed by atoms with E-state index in [0.717, 1.165) is 35.3 Å². The Balaban J connectivity index is 1.47. The minimum absolute atomic E-state index is 0.110. The van der Waals surface area contributed by atoms with Crippen LogP contribution in [0.2, 0.25) is 0 Å². The first kappa shape index (κ1) is 29.4. The molecule has 1 aliphatic heterocycles. The summed E-state index contributed by atoms with van der Waals surface area (Å²) in [4.78, 5) is 57.2. The molecule has 0 bridgehead atoms. The molecule has 0 spiro atoms. The minimum Gasteiger partial charge on any atom is -0.497 e. The van der Waals surface area contributed by atoms with Crippen molar-refractivity contribution < 1.29 is 28.7 Å². The second kappa shape index (κ2) is 13.2. The fourth-order valence-corrected chi connectivity index (χ4v) is 5.23. The van der Waals surface area contributed by atoms with Gasteiger partial charge in [-0.1, -0.05) is 23.8 Å². The van der Waals surface area contributed by atoms with E-state index < -0.39 is 35.5 Å². The number of Topliss-reactive ketones (excluding diaryl/α,β-unsaturated/α-hetero) is 1. The van der Waals surface area contributed by atoms with Crippen LogP contribution in [0.3, 0.4) is 0 Å². The summed E-state index contributed by atoms with van der Waals surface area (Å²) in [6.45, 7) is 3.61. The molecule has 1 fully saturated rings. The number of benzene rings is 1. The van der Waals surface area contributed by atoms with E-state index >= 15 is 0 Å². The molecule has 4 rings (SSSR count). The SMILES string of the molecule is COc1ccc(CC(NC(=O)C(C)NC(=O)Cc2cncs2)C(=O)NC(CC2=CCCC2)C(=O)C2(C)CO2)cc1. The van der Waals surface area contributed by atoms with E-state index in [2.05, 4.69) is 27.0 Å². The van der Waals surface area contributed by atoms with Crippen LogP contribution < -0.4 is 20.7 Å². The highest BCUT2D eigenvalue weighted by Crippen LogP contribution is 2.31. The number of ether oxygens (including phenoxy) is 2. The van der Waals surface area contributed by atoms with E-state index in [1.54, 1.807) is 44.8 Å². The number of aromatic nitrogens is 1. The number of carbonyl (C=O) groups excluding carboxylic acids is 4. The van der Waals surface area contributed by atoms with Crippen molar-refractivity contribution in [2.75, 3.05) is 13.7 Å². The predicted octanol–water partition coefficient (Wildman–Crippen LogP) is 2.27. The quantitative estimate of drug-likeness (QED) is 0.235. The van der Waals surface area contributed by atoms with Gasteiger partial charge in [-0.15, -0.1) is 11.3 Å². The maximum Gasteiger partial charge on any atom is 0.243 e. The van der Waals surface area contributed by atoms with E-state index in [1.165, 1.54) is 11.3 Å². The average Bonchev–Trinajstić information content (AvgIpc) is 3.28. The molecule has 4 atom stereocenters. The molecule has 2 heterocycles. The lowest BCUT2D eigenvalue weighted by atomic mass is 9.94. The van der Waals surface area contributed by atoms with Crippen molar-refractivity contribution in [1.29, 1.82) is 0 Å². The molecule has 3 N–H and O–H groups in total. The molecule has 3 amide bonds. The van der Waals surface area contributed by atoms with Crippen molar-refractivity contribution in [3.05, 3.63) is 58.1 Å². The van der Waals surface area contributed by atoms with Crippen LogP contribution >= 0.6 is 11.3 Å². The number of allylic oxidation sites excluding steroid dienone is 1. The van der Waals surface area contributed by atoms with Crippen molar-refractivity contribution in [1.82, 2.24) is 20.9 Å². The molecule has 0 saturated carbocycles. The third kappa shape index (κ3) is 7.98. The summed E-state index contributed by atoms with van der Waals surface area (Å²) in [6.07, 6.45) is 7.31. The first-order valence-corrected chi connectivity index (χ1v) is 14.3. The van der Waals surface area contributed by atoms with Gasteiger partial charge in [-0.25, -0.2) is 0 Å². The Morgan fingerprint density at radius 2 is 1.80 bits per heavy atom. The monoisotopic (exact) mass is 568 g/mol. The Hall–Kier alpha value is -3.57. The molecule has 1 aromatic carbocycles. The van der Waals surface area contributed by atoms with Crippen molar-refractivity contribution in [3.63, 3.8) is 0 Å². The van der Waals surface area contributed by atoms with E-state index in [9.17, 15) is 19.2 Å². The van der Waals surface area contributed by atoms with Crippen molar-refractivity contribution in [2.24, 2.45) is 0 Å². The van der Waals surface area contributed by atoms with Crippen LogP contribution in [0.25, 0.3) is 0 Å². The molecule has 10 nitrogen and oxygen atoms in total. The van der Waals surface area contributed by atoms with Gasteiger partial charge in [0, 0.05) is 17.5 Å². The van der Waals surface area contributed by atoms with Crippen LogP contribution in [-0.2, 0) is 36.8 Å². The van der Waals surface area contributed by atoms with Gasteiger partial charge in [0.2, 0.25) is 17.7 Å². The third-order valence-corrected chi connectivity index (χ3v) is 7.93. The fraction of sp³-hybridized carbons (Fsp3) is 0.483. The maximum atomic E-state index is 13.6. The van der Waals surface area contributed by atoms with Gasteiger partial charge < -0.3 is 25.4 Å². The van der Waals surface area contributed by atoms with Gasteiger partial charge in [0.25, 0.3) is 0 Å². The summed E-state index contributed by atoms with van der Waals surface area (Å²) in [7, 11) is 1.57. The Kier molecular flexibility index (Phi) is 9.70. The topological polar surface area (TPSA) is 139 Å². The van der Waals surface area contributed by atoms with E-state index in [1.807, 2.05) is 12.1 Å². The Bertz CT molecular complexity index is 1240. The van der Waals surface area contributed by atoms with Crippen molar-refractivity contribution in [2.45, 2.75) is 76.1 Å². The predicted molar refractivity (Wildman–Crippen MR) is 150 cm³/mol. The number of methoxy groups -OCH3 is 1. The zero-order valence-corrected chi connectivity index (χ0v) is 23.8. The van der Waals surface area contributed by atoms with Gasteiger partial charge in [-0.3, -0.25) is 24.2 Å². The second-order valence-electron chi connectivity index (χ2n) is 10.5. The van der Waals surface area contributed by atoms with Crippen LogP contribution in [-0.4, -0.2) is 65.9 Å². The highest BCUT2D eigenvalue weighted by molar-refractivity contribution is 7.09. The lowest BCUT2D eigenvalue weighted by Crippen LogP contribution is -2.56. The van der Waals surface area contributed by atoms with Crippen LogP contribution in [0.4, 0.5) is 0 Å². The Morgan fingerprint density at radius 1 is 1.07 bits per heavy atom. The molecule has 11 heteroatoms. The van der Waals surface area contributed by atoms with Gasteiger partial charge in [0.15, 0.2) is 5.78 Å². The summed E-state index contributed by atoms with van der Waals surface area (Å²) >= 11 is 1.36. The summed E-state index contributed by atoms with van der Waals surface area (Å²) < 4.78 is 10.6. The second-order valence-corrected chi connectivity index (χ2v) is 11.4. The minimum atomic E-state index is -0.984. The number of nitrogens with zero attached hydrogens (tertiary/aromatic N) is 1. The molecular formula is C29H36N4O6S. The number of rotatable bonds is 14. The number of epoxide rings is 1. The third-order valence-electron chi connectivity index (χ3n) is 7.15. The number of carbonyl (C=O) groups is 4. The number of amides is 3. The molecule has 2 aliphatic rings. The first-order chi connectivity index (χ1) is 19.2. The highest BCUT2D eigenvalue weighted by atomic mass is 32.1. The molecule has 40 heavy (non-hydrogen) atoms. The molecule has 214 valence electrons. The smallest absolute Gasteiger partial charge is 0.243 e. The highest BCUT2D eigenvalue weighted by Gasteiger charge is 2.50. The number of nitrogens with one attached hydrogen (secondary N) is 3. The van der Waals surface area contributed by atoms with Crippen LogP contribution in [0.15, 0.2) is 47.6 Å². The summed E-state index contributed by atoms with van der Waals surface area (Å²) in [5.74, 6) is -0.818. The molecule has 1 saturated heterocycles.